The van der Waals surface area contributed by atoms with E-state index in [1.54, 1.807) is 19.1 Å². The minimum Gasteiger partial charge on any atom is -0.356 e. The predicted molar refractivity (Wildman–Crippen MR) is 107 cm³/mol. The molecule has 3 heterocycles. The van der Waals surface area contributed by atoms with Crippen molar-refractivity contribution in [1.29, 1.82) is 0 Å². The van der Waals surface area contributed by atoms with Crippen molar-refractivity contribution in [2.24, 2.45) is 5.92 Å². The van der Waals surface area contributed by atoms with E-state index in [0.717, 1.165) is 68.2 Å². The third kappa shape index (κ3) is 3.76. The van der Waals surface area contributed by atoms with E-state index in [1.807, 2.05) is 0 Å². The van der Waals surface area contributed by atoms with Crippen LogP contribution in [-0.2, 0) is 17.6 Å². The fraction of sp³-hybridized carbons (Fsp3) is 0.550. The van der Waals surface area contributed by atoms with Crippen LogP contribution in [0.4, 0.5) is 11.6 Å². The van der Waals surface area contributed by atoms with E-state index < -0.39 is 6.04 Å². The summed E-state index contributed by atoms with van der Waals surface area (Å²) in [7, 11) is 0. The van der Waals surface area contributed by atoms with Crippen LogP contribution in [0.3, 0.4) is 0 Å². The van der Waals surface area contributed by atoms with Crippen LogP contribution >= 0.6 is 0 Å². The molecule has 1 aliphatic carbocycles. The summed E-state index contributed by atoms with van der Waals surface area (Å²) in [6.07, 6.45) is 6.48. The van der Waals surface area contributed by atoms with Gasteiger partial charge in [-0.2, -0.15) is 5.10 Å². The smallest absolute Gasteiger partial charge is 0.267 e. The molecule has 1 fully saturated rings. The van der Waals surface area contributed by atoms with Gasteiger partial charge in [-0.15, -0.1) is 0 Å². The van der Waals surface area contributed by atoms with Gasteiger partial charge in [-0.25, -0.2) is 14.6 Å². The van der Waals surface area contributed by atoms with Gasteiger partial charge in [0.15, 0.2) is 0 Å². The van der Waals surface area contributed by atoms with Crippen molar-refractivity contribution in [3.8, 4) is 0 Å². The number of fused-ring (bicyclic) bond motifs is 1. The first-order valence-corrected chi connectivity index (χ1v) is 10.0. The first kappa shape index (κ1) is 18.6. The first-order chi connectivity index (χ1) is 13.5. The third-order valence-corrected chi connectivity index (χ3v) is 5.74. The van der Waals surface area contributed by atoms with Crippen molar-refractivity contribution in [3.63, 3.8) is 0 Å². The highest BCUT2D eigenvalue weighted by atomic mass is 16.2. The van der Waals surface area contributed by atoms with Gasteiger partial charge in [0.1, 0.15) is 24.0 Å². The predicted octanol–water partition coefficient (Wildman–Crippen LogP) is 1.96. The second-order valence-corrected chi connectivity index (χ2v) is 7.85. The molecule has 2 aromatic rings. The zero-order chi connectivity index (χ0) is 19.7. The van der Waals surface area contributed by atoms with Crippen molar-refractivity contribution in [2.75, 3.05) is 23.3 Å². The average Bonchev–Trinajstić information content (AvgIpc) is 3.14. The van der Waals surface area contributed by atoms with Gasteiger partial charge in [-0.05, 0) is 50.5 Å². The third-order valence-electron chi connectivity index (χ3n) is 5.74. The molecule has 28 heavy (non-hydrogen) atoms. The minimum absolute atomic E-state index is 0.242. The molecule has 1 aliphatic heterocycles. The van der Waals surface area contributed by atoms with E-state index in [4.69, 9.17) is 0 Å². The Balaban J connectivity index is 1.48. The van der Waals surface area contributed by atoms with Crippen LogP contribution in [-0.4, -0.2) is 38.7 Å². The van der Waals surface area contributed by atoms with Crippen LogP contribution < -0.4 is 15.8 Å². The number of piperidine rings is 1. The molecule has 1 amide bonds. The Hall–Kier alpha value is -2.77. The molecule has 4 rings (SSSR count). The topological polar surface area (TPSA) is 93.0 Å². The summed E-state index contributed by atoms with van der Waals surface area (Å²) in [5, 5.41) is 7.22. The molecule has 0 saturated carbocycles. The number of anilines is 2. The highest BCUT2D eigenvalue weighted by Crippen LogP contribution is 2.23. The van der Waals surface area contributed by atoms with Gasteiger partial charge >= 0.3 is 0 Å². The summed E-state index contributed by atoms with van der Waals surface area (Å²) < 4.78 is 1.27. The maximum atomic E-state index is 12.7. The summed E-state index contributed by atoms with van der Waals surface area (Å²) >= 11 is 0. The second-order valence-electron chi connectivity index (χ2n) is 7.85. The van der Waals surface area contributed by atoms with Crippen LogP contribution in [0.5, 0.6) is 0 Å². The Labute approximate surface area is 164 Å². The van der Waals surface area contributed by atoms with Gasteiger partial charge in [-0.3, -0.25) is 9.59 Å². The number of nitrogens with one attached hydrogen (secondary N) is 1. The molecule has 1 saturated heterocycles. The van der Waals surface area contributed by atoms with Gasteiger partial charge in [0.05, 0.1) is 5.69 Å². The zero-order valence-electron chi connectivity index (χ0n) is 16.4. The maximum absolute atomic E-state index is 12.7. The van der Waals surface area contributed by atoms with Crippen molar-refractivity contribution in [1.82, 2.24) is 19.7 Å². The summed E-state index contributed by atoms with van der Waals surface area (Å²) in [5.41, 5.74) is 1.68. The number of hydrogen-bond donors (Lipinski definition) is 1. The van der Waals surface area contributed by atoms with Gasteiger partial charge in [-0.1, -0.05) is 6.92 Å². The van der Waals surface area contributed by atoms with Crippen LogP contribution in [0.25, 0.3) is 0 Å². The molecule has 8 nitrogen and oxygen atoms in total. The number of hydrogen-bond acceptors (Lipinski definition) is 6. The molecule has 1 atom stereocenters. The molecule has 1 unspecified atom stereocenters. The Bertz CT molecular complexity index is 933. The van der Waals surface area contributed by atoms with E-state index in [9.17, 15) is 9.59 Å². The van der Waals surface area contributed by atoms with E-state index in [-0.39, 0.29) is 11.5 Å². The lowest BCUT2D eigenvalue weighted by Crippen LogP contribution is -2.34. The Morgan fingerprint density at radius 1 is 1.21 bits per heavy atom. The Morgan fingerprint density at radius 2 is 2.00 bits per heavy atom. The monoisotopic (exact) mass is 382 g/mol. The lowest BCUT2D eigenvalue weighted by molar-refractivity contribution is -0.119. The summed E-state index contributed by atoms with van der Waals surface area (Å²) in [4.78, 5) is 35.8. The van der Waals surface area contributed by atoms with Crippen molar-refractivity contribution in [3.05, 3.63) is 40.1 Å². The molecule has 8 heteroatoms. The Kier molecular flexibility index (Phi) is 5.11. The quantitative estimate of drug-likeness (QED) is 0.869. The molecule has 148 valence electrons. The molecule has 2 aliphatic rings. The Morgan fingerprint density at radius 3 is 2.79 bits per heavy atom. The number of carbonyl (C=O) groups excluding carboxylic acids is 1. The van der Waals surface area contributed by atoms with Crippen LogP contribution in [0.1, 0.15) is 50.4 Å². The van der Waals surface area contributed by atoms with E-state index in [1.165, 1.54) is 11.0 Å². The summed E-state index contributed by atoms with van der Waals surface area (Å²) in [6, 6.07) is 2.69. The normalized spacial score (nSPS) is 18.0. The zero-order valence-corrected chi connectivity index (χ0v) is 16.4. The maximum Gasteiger partial charge on any atom is 0.267 e. The van der Waals surface area contributed by atoms with Crippen molar-refractivity contribution >= 4 is 17.5 Å². The fourth-order valence-electron chi connectivity index (χ4n) is 3.86. The van der Waals surface area contributed by atoms with Crippen molar-refractivity contribution in [2.45, 2.75) is 52.0 Å². The molecule has 0 spiro atoms. The second kappa shape index (κ2) is 7.69. The van der Waals surface area contributed by atoms with E-state index in [0.29, 0.717) is 5.82 Å². The summed E-state index contributed by atoms with van der Waals surface area (Å²) in [5.74, 6) is 1.67. The lowest BCUT2D eigenvalue weighted by Gasteiger charge is -2.31. The number of amides is 1. The molecule has 0 aromatic carbocycles. The van der Waals surface area contributed by atoms with Crippen LogP contribution in [0.15, 0.2) is 23.3 Å². The SMILES string of the molecule is CC1CCN(c2cc(NC(=O)C(C)n3nc4c(cc3=O)CCC4)ncn2)CC1. The first-order valence-electron chi connectivity index (χ1n) is 10.0. The molecular formula is C20H26N6O2. The highest BCUT2D eigenvalue weighted by molar-refractivity contribution is 5.92. The molecule has 1 N–H and O–H groups in total. The van der Waals surface area contributed by atoms with Gasteiger partial charge in [0.25, 0.3) is 5.56 Å². The average molecular weight is 382 g/mol. The molecular weight excluding hydrogens is 356 g/mol. The lowest BCUT2D eigenvalue weighted by atomic mass is 9.99. The molecule has 0 radical (unpaired) electrons. The van der Waals surface area contributed by atoms with Gasteiger partial charge in [0.2, 0.25) is 5.91 Å². The highest BCUT2D eigenvalue weighted by Gasteiger charge is 2.22. The number of carbonyl (C=O) groups is 1. The van der Waals surface area contributed by atoms with Crippen LogP contribution in [0.2, 0.25) is 0 Å². The molecule has 2 aromatic heterocycles. The number of rotatable bonds is 4. The molecule has 0 bridgehead atoms. The van der Waals surface area contributed by atoms with Crippen molar-refractivity contribution < 1.29 is 4.79 Å². The largest absolute Gasteiger partial charge is 0.356 e. The summed E-state index contributed by atoms with van der Waals surface area (Å²) in [6.45, 7) is 5.85. The number of aryl methyl sites for hydroxylation is 2. The van der Waals surface area contributed by atoms with Gasteiger partial charge < -0.3 is 10.2 Å². The van der Waals surface area contributed by atoms with E-state index >= 15 is 0 Å². The fourth-order valence-corrected chi connectivity index (χ4v) is 3.86. The van der Waals surface area contributed by atoms with Gasteiger partial charge in [0, 0.05) is 25.2 Å². The number of aromatic nitrogens is 4. The standard InChI is InChI=1S/C20H26N6O2/c1-13-6-8-25(9-7-13)18-11-17(21-12-22-18)23-20(28)14(2)26-19(27)10-15-4-3-5-16(15)24-26/h10-14H,3-9H2,1-2H3,(H,21,22,23,28). The number of nitrogens with zero attached hydrogens (tertiary/aromatic N) is 5. The van der Waals surface area contributed by atoms with Crippen LogP contribution in [0, 0.1) is 5.92 Å². The van der Waals surface area contributed by atoms with E-state index in [2.05, 4.69) is 32.2 Å². The minimum atomic E-state index is -0.715.